The maximum absolute atomic E-state index is 12.5. The second kappa shape index (κ2) is 7.45. The molecule has 2 aromatic carbocycles. The molecule has 0 fully saturated rings. The van der Waals surface area contributed by atoms with Crippen molar-refractivity contribution in [3.05, 3.63) is 60.2 Å². The van der Waals surface area contributed by atoms with Crippen LogP contribution in [0.1, 0.15) is 17.3 Å². The highest BCUT2D eigenvalue weighted by atomic mass is 32.2. The molecule has 0 aliphatic carbocycles. The maximum Gasteiger partial charge on any atom is 0.243 e. The summed E-state index contributed by atoms with van der Waals surface area (Å²) in [6.07, 6.45) is 0. The Morgan fingerprint density at radius 1 is 1.08 bits per heavy atom. The number of nitrogens with zero attached hydrogens (tertiary/aromatic N) is 1. The first-order valence-corrected chi connectivity index (χ1v) is 8.83. The van der Waals surface area contributed by atoms with E-state index in [1.807, 2.05) is 0 Å². The molecule has 0 saturated carbocycles. The van der Waals surface area contributed by atoms with Gasteiger partial charge in [-0.2, -0.15) is 4.31 Å². The molecule has 7 nitrogen and oxygen atoms in total. The summed E-state index contributed by atoms with van der Waals surface area (Å²) in [6, 6.07) is 12.3. The predicted molar refractivity (Wildman–Crippen MR) is 90.3 cm³/mol. The van der Waals surface area contributed by atoms with Crippen molar-refractivity contribution in [2.24, 2.45) is 0 Å². The molecule has 0 bridgehead atoms. The molecule has 1 atom stereocenters. The number of likely N-dealkylation sites (N-methyl/N-ethyl adjacent to an activating group) is 1. The number of carbonyl (C=O) groups is 2. The van der Waals surface area contributed by atoms with Crippen LogP contribution in [0.25, 0.3) is 0 Å². The van der Waals surface area contributed by atoms with Crippen molar-refractivity contribution in [2.75, 3.05) is 12.4 Å². The van der Waals surface area contributed by atoms with Crippen LogP contribution in [-0.2, 0) is 14.8 Å². The second-order valence-corrected chi connectivity index (χ2v) is 7.37. The lowest BCUT2D eigenvalue weighted by atomic mass is 10.2. The average molecular weight is 361 g/mol. The smallest absolute Gasteiger partial charge is 0.243 e. The fourth-order valence-electron chi connectivity index (χ4n) is 2.10. The fraction of sp³-hybridized carbons (Fsp3) is 0.176. The Balaban J connectivity index is 2.17. The van der Waals surface area contributed by atoms with E-state index in [4.69, 9.17) is 0 Å². The molecule has 1 N–H and O–H groups in total. The number of carbonyl (C=O) groups excluding carboxylic acids is 2. The Kier molecular flexibility index (Phi) is 5.55. The number of anilines is 1. The summed E-state index contributed by atoms with van der Waals surface area (Å²) in [7, 11) is -2.52. The summed E-state index contributed by atoms with van der Waals surface area (Å²) >= 11 is 0. The zero-order valence-electron chi connectivity index (χ0n) is 13.7. The molecule has 0 heterocycles. The fourth-order valence-corrected chi connectivity index (χ4v) is 3.45. The minimum Gasteiger partial charge on any atom is -0.545 e. The van der Waals surface area contributed by atoms with Gasteiger partial charge in [0.1, 0.15) is 6.04 Å². The monoisotopic (exact) mass is 361 g/mol. The van der Waals surface area contributed by atoms with Crippen LogP contribution in [-0.4, -0.2) is 37.7 Å². The minimum absolute atomic E-state index is 0.0797. The van der Waals surface area contributed by atoms with Gasteiger partial charge in [0.25, 0.3) is 0 Å². The van der Waals surface area contributed by atoms with Crippen LogP contribution in [0.3, 0.4) is 0 Å². The Morgan fingerprint density at radius 2 is 1.72 bits per heavy atom. The van der Waals surface area contributed by atoms with E-state index < -0.39 is 27.9 Å². The van der Waals surface area contributed by atoms with Crippen LogP contribution in [0.2, 0.25) is 0 Å². The summed E-state index contributed by atoms with van der Waals surface area (Å²) in [5.74, 6) is -1.95. The van der Waals surface area contributed by atoms with Crippen molar-refractivity contribution in [2.45, 2.75) is 17.9 Å². The molecule has 25 heavy (non-hydrogen) atoms. The van der Waals surface area contributed by atoms with Crippen molar-refractivity contribution in [1.82, 2.24) is 4.31 Å². The van der Waals surface area contributed by atoms with Crippen molar-refractivity contribution in [1.29, 1.82) is 0 Å². The molecule has 2 rings (SSSR count). The summed E-state index contributed by atoms with van der Waals surface area (Å²) in [5, 5.41) is 13.4. The third kappa shape index (κ3) is 4.23. The molecule has 0 unspecified atom stereocenters. The number of nitrogens with one attached hydrogen (secondary N) is 1. The Hall–Kier alpha value is -2.71. The van der Waals surface area contributed by atoms with Crippen LogP contribution < -0.4 is 10.4 Å². The van der Waals surface area contributed by atoms with Crippen LogP contribution in [0.15, 0.2) is 59.5 Å². The van der Waals surface area contributed by atoms with E-state index in [-0.39, 0.29) is 16.1 Å². The Labute approximate surface area is 146 Å². The van der Waals surface area contributed by atoms with E-state index in [0.717, 1.165) is 4.31 Å². The van der Waals surface area contributed by atoms with Crippen molar-refractivity contribution < 1.29 is 23.1 Å². The predicted octanol–water partition coefficient (Wildman–Crippen LogP) is 0.698. The molecule has 2 aromatic rings. The molecule has 1 amide bonds. The molecule has 0 aliphatic heterocycles. The lowest BCUT2D eigenvalue weighted by molar-refractivity contribution is -0.255. The first-order valence-electron chi connectivity index (χ1n) is 7.39. The number of benzene rings is 2. The summed E-state index contributed by atoms with van der Waals surface area (Å²) in [4.78, 5) is 23.3. The van der Waals surface area contributed by atoms with Gasteiger partial charge >= 0.3 is 0 Å². The number of amides is 1. The van der Waals surface area contributed by atoms with Gasteiger partial charge in [-0.1, -0.05) is 30.3 Å². The van der Waals surface area contributed by atoms with Crippen molar-refractivity contribution in [3.8, 4) is 0 Å². The largest absolute Gasteiger partial charge is 0.545 e. The highest BCUT2D eigenvalue weighted by molar-refractivity contribution is 7.89. The summed E-state index contributed by atoms with van der Waals surface area (Å²) < 4.78 is 26.0. The number of hydrogen-bond donors (Lipinski definition) is 1. The molecular weight excluding hydrogens is 344 g/mol. The molecule has 0 radical (unpaired) electrons. The third-order valence-electron chi connectivity index (χ3n) is 3.71. The van der Waals surface area contributed by atoms with Gasteiger partial charge in [0, 0.05) is 12.7 Å². The van der Waals surface area contributed by atoms with Crippen LogP contribution in [0.5, 0.6) is 0 Å². The van der Waals surface area contributed by atoms with Crippen molar-refractivity contribution in [3.63, 3.8) is 0 Å². The molecule has 0 saturated heterocycles. The Bertz CT molecular complexity index is 881. The molecule has 132 valence electrons. The molecule has 8 heteroatoms. The second-order valence-electron chi connectivity index (χ2n) is 5.37. The van der Waals surface area contributed by atoms with E-state index in [9.17, 15) is 23.1 Å². The van der Waals surface area contributed by atoms with E-state index in [0.29, 0.717) is 0 Å². The van der Waals surface area contributed by atoms with E-state index >= 15 is 0 Å². The third-order valence-corrected chi connectivity index (χ3v) is 5.65. The summed E-state index contributed by atoms with van der Waals surface area (Å²) in [5.41, 5.74) is 0.153. The standard InChI is InChI=1S/C17H18N2O5S/c1-12(19(2)25(23,24)15-9-4-3-5-10-15)16(20)18-14-8-6-7-13(11-14)17(21)22/h3-12H,1-2H3,(H,18,20)(H,21,22)/p-1/t12-/m1/s1. The number of carboxylic acids is 1. The first-order chi connectivity index (χ1) is 11.7. The van der Waals surface area contributed by atoms with Gasteiger partial charge in [0.2, 0.25) is 15.9 Å². The van der Waals surface area contributed by atoms with Crippen LogP contribution in [0.4, 0.5) is 5.69 Å². The summed E-state index contributed by atoms with van der Waals surface area (Å²) in [6.45, 7) is 1.44. The quantitative estimate of drug-likeness (QED) is 0.815. The number of aromatic carboxylic acids is 1. The lowest BCUT2D eigenvalue weighted by Crippen LogP contribution is -2.43. The highest BCUT2D eigenvalue weighted by Crippen LogP contribution is 2.17. The van der Waals surface area contributed by atoms with Crippen LogP contribution >= 0.6 is 0 Å². The van der Waals surface area contributed by atoms with E-state index in [1.54, 1.807) is 18.2 Å². The number of hydrogen-bond acceptors (Lipinski definition) is 5. The topological polar surface area (TPSA) is 107 Å². The van der Waals surface area contributed by atoms with E-state index in [1.165, 1.54) is 50.4 Å². The number of sulfonamides is 1. The van der Waals surface area contributed by atoms with Gasteiger partial charge < -0.3 is 15.2 Å². The highest BCUT2D eigenvalue weighted by Gasteiger charge is 2.29. The molecule has 0 aromatic heterocycles. The van der Waals surface area contributed by atoms with Gasteiger partial charge in [0.15, 0.2) is 0 Å². The van der Waals surface area contributed by atoms with Gasteiger partial charge in [-0.3, -0.25) is 4.79 Å². The normalized spacial score (nSPS) is 12.6. The Morgan fingerprint density at radius 3 is 2.32 bits per heavy atom. The van der Waals surface area contributed by atoms with Crippen molar-refractivity contribution >= 4 is 27.6 Å². The van der Waals surface area contributed by atoms with Gasteiger partial charge in [-0.05, 0) is 36.8 Å². The van der Waals surface area contributed by atoms with Gasteiger partial charge in [0.05, 0.1) is 10.9 Å². The van der Waals surface area contributed by atoms with Gasteiger partial charge in [-0.25, -0.2) is 8.42 Å². The molecular formula is C17H17N2O5S-. The zero-order valence-corrected chi connectivity index (χ0v) is 14.5. The number of rotatable bonds is 6. The van der Waals surface area contributed by atoms with Crippen LogP contribution in [0, 0.1) is 0 Å². The lowest BCUT2D eigenvalue weighted by Gasteiger charge is -2.23. The zero-order chi connectivity index (χ0) is 18.6. The first kappa shape index (κ1) is 18.6. The van der Waals surface area contributed by atoms with E-state index in [2.05, 4.69) is 5.32 Å². The SMILES string of the molecule is C[C@H](C(=O)Nc1cccc(C(=O)[O-])c1)N(C)S(=O)(=O)c1ccccc1. The maximum atomic E-state index is 12.5. The average Bonchev–Trinajstić information content (AvgIpc) is 2.61. The minimum atomic E-state index is -3.83. The molecule has 0 spiro atoms. The molecule has 0 aliphatic rings. The van der Waals surface area contributed by atoms with Gasteiger partial charge in [-0.15, -0.1) is 0 Å². The number of carboxylic acid groups (broad SMARTS) is 1.